The molecule has 0 radical (unpaired) electrons. The van der Waals surface area contributed by atoms with E-state index in [-0.39, 0.29) is 17.8 Å². The fourth-order valence-electron chi connectivity index (χ4n) is 4.55. The number of carbonyl (C=O) groups excluding carboxylic acids is 1. The zero-order valence-corrected chi connectivity index (χ0v) is 16.0. The summed E-state index contributed by atoms with van der Waals surface area (Å²) in [6.07, 6.45) is 5.47. The molecule has 2 heterocycles. The maximum atomic E-state index is 13.2. The van der Waals surface area contributed by atoms with E-state index >= 15 is 0 Å². The van der Waals surface area contributed by atoms with Crippen LogP contribution in [0.1, 0.15) is 48.0 Å². The lowest BCUT2D eigenvalue weighted by atomic mass is 9.81. The fraction of sp³-hybridized carbons (Fsp3) is 0.409. The third-order valence-corrected chi connectivity index (χ3v) is 6.06. The minimum atomic E-state index is -0.193. The number of hydrogen-bond acceptors (Lipinski definition) is 2. The quantitative estimate of drug-likeness (QED) is 0.818. The molecule has 5 heteroatoms. The summed E-state index contributed by atoms with van der Waals surface area (Å²) in [5.41, 5.74) is 1.76. The van der Waals surface area contributed by atoms with Crippen LogP contribution < -0.4 is 5.32 Å². The van der Waals surface area contributed by atoms with Gasteiger partial charge in [0.2, 0.25) is 0 Å². The van der Waals surface area contributed by atoms with Crippen LogP contribution >= 0.6 is 11.6 Å². The second-order valence-corrected chi connectivity index (χ2v) is 8.13. The van der Waals surface area contributed by atoms with Crippen molar-refractivity contribution in [3.8, 4) is 0 Å². The van der Waals surface area contributed by atoms with Gasteiger partial charge in [-0.2, -0.15) is 0 Å². The lowest BCUT2D eigenvalue weighted by Crippen LogP contribution is -2.56. The fourth-order valence-corrected chi connectivity index (χ4v) is 4.74. The molecular formula is C22H24ClFN2O. The first-order valence-electron chi connectivity index (χ1n) is 9.65. The molecule has 2 fully saturated rings. The molecule has 27 heavy (non-hydrogen) atoms. The van der Waals surface area contributed by atoms with Crippen molar-refractivity contribution in [1.82, 2.24) is 10.2 Å². The molecular weight excluding hydrogens is 363 g/mol. The van der Waals surface area contributed by atoms with Crippen molar-refractivity contribution in [3.63, 3.8) is 0 Å². The van der Waals surface area contributed by atoms with Gasteiger partial charge in [0, 0.05) is 35.3 Å². The minimum Gasteiger partial charge on any atom is -0.349 e. The highest BCUT2D eigenvalue weighted by Gasteiger charge is 2.38. The van der Waals surface area contributed by atoms with E-state index in [4.69, 9.17) is 11.6 Å². The molecule has 0 spiro atoms. The van der Waals surface area contributed by atoms with Crippen LogP contribution in [0.3, 0.4) is 0 Å². The molecule has 1 amide bonds. The van der Waals surface area contributed by atoms with Crippen LogP contribution in [0.5, 0.6) is 0 Å². The molecule has 2 bridgehead atoms. The number of halogens is 2. The van der Waals surface area contributed by atoms with Crippen molar-refractivity contribution in [2.75, 3.05) is 0 Å². The summed E-state index contributed by atoms with van der Waals surface area (Å²) in [6.45, 7) is 0.852. The molecule has 0 aromatic heterocycles. The zero-order chi connectivity index (χ0) is 18.8. The van der Waals surface area contributed by atoms with Gasteiger partial charge in [-0.3, -0.25) is 9.69 Å². The molecule has 0 aliphatic carbocycles. The van der Waals surface area contributed by atoms with Gasteiger partial charge in [-0.25, -0.2) is 4.39 Å². The summed E-state index contributed by atoms with van der Waals surface area (Å²) in [6, 6.07) is 15.0. The van der Waals surface area contributed by atoms with Crippen molar-refractivity contribution < 1.29 is 9.18 Å². The molecule has 2 atom stereocenters. The van der Waals surface area contributed by atoms with Crippen molar-refractivity contribution in [3.05, 3.63) is 70.5 Å². The van der Waals surface area contributed by atoms with Gasteiger partial charge < -0.3 is 5.32 Å². The Kier molecular flexibility index (Phi) is 5.46. The lowest BCUT2D eigenvalue weighted by Gasteiger charge is -2.49. The Morgan fingerprint density at radius 2 is 1.81 bits per heavy atom. The first-order chi connectivity index (χ1) is 13.1. The number of hydrogen-bond donors (Lipinski definition) is 1. The van der Waals surface area contributed by atoms with E-state index in [0.717, 1.165) is 37.8 Å². The molecule has 2 unspecified atom stereocenters. The monoisotopic (exact) mass is 386 g/mol. The number of nitrogens with zero attached hydrogens (tertiary/aromatic N) is 1. The number of piperidine rings is 2. The Balaban J connectivity index is 1.41. The van der Waals surface area contributed by atoms with Gasteiger partial charge >= 0.3 is 0 Å². The molecule has 2 aromatic rings. The third-order valence-electron chi connectivity index (χ3n) is 5.83. The molecule has 2 saturated heterocycles. The average molecular weight is 387 g/mol. The summed E-state index contributed by atoms with van der Waals surface area (Å²) >= 11 is 6.01. The van der Waals surface area contributed by atoms with Gasteiger partial charge in [-0.15, -0.1) is 0 Å². The maximum Gasteiger partial charge on any atom is 0.251 e. The van der Waals surface area contributed by atoms with Crippen LogP contribution in [0.2, 0.25) is 5.02 Å². The van der Waals surface area contributed by atoms with Crippen molar-refractivity contribution in [1.29, 1.82) is 0 Å². The Bertz CT molecular complexity index is 796. The second kappa shape index (κ2) is 7.99. The van der Waals surface area contributed by atoms with Crippen LogP contribution in [0.4, 0.5) is 4.39 Å². The summed E-state index contributed by atoms with van der Waals surface area (Å²) in [5.74, 6) is -0.242. The lowest BCUT2D eigenvalue weighted by molar-refractivity contribution is 0.0177. The van der Waals surface area contributed by atoms with Gasteiger partial charge in [0.05, 0.1) is 0 Å². The normalized spacial score (nSPS) is 25.2. The topological polar surface area (TPSA) is 32.3 Å². The van der Waals surface area contributed by atoms with Crippen molar-refractivity contribution >= 4 is 17.5 Å². The largest absolute Gasteiger partial charge is 0.349 e. The number of carbonyl (C=O) groups is 1. The van der Waals surface area contributed by atoms with E-state index in [0.29, 0.717) is 22.7 Å². The third kappa shape index (κ3) is 4.33. The Morgan fingerprint density at radius 3 is 2.48 bits per heavy atom. The van der Waals surface area contributed by atoms with Crippen molar-refractivity contribution in [2.24, 2.45) is 0 Å². The van der Waals surface area contributed by atoms with Crippen LogP contribution in [0.15, 0.2) is 48.5 Å². The SMILES string of the molecule is O=C(NC1CC2CCCC(C1)N2Cc1ccc(F)cc1)c1cccc(Cl)c1. The number of benzene rings is 2. The highest BCUT2D eigenvalue weighted by atomic mass is 35.5. The van der Waals surface area contributed by atoms with E-state index in [9.17, 15) is 9.18 Å². The van der Waals surface area contributed by atoms with Crippen LogP contribution in [0.25, 0.3) is 0 Å². The van der Waals surface area contributed by atoms with Gasteiger partial charge in [0.15, 0.2) is 0 Å². The van der Waals surface area contributed by atoms with Gasteiger partial charge in [-0.1, -0.05) is 36.2 Å². The van der Waals surface area contributed by atoms with Gasteiger partial charge in [-0.05, 0) is 61.6 Å². The number of nitrogens with one attached hydrogen (secondary N) is 1. The summed E-state index contributed by atoms with van der Waals surface area (Å²) in [4.78, 5) is 15.1. The molecule has 0 saturated carbocycles. The number of amides is 1. The Hall–Kier alpha value is -1.91. The maximum absolute atomic E-state index is 13.2. The molecule has 2 aliphatic rings. The Morgan fingerprint density at radius 1 is 1.11 bits per heavy atom. The van der Waals surface area contributed by atoms with Crippen LogP contribution in [0, 0.1) is 5.82 Å². The summed E-state index contributed by atoms with van der Waals surface area (Å²) in [7, 11) is 0. The minimum absolute atomic E-state index is 0.0486. The smallest absolute Gasteiger partial charge is 0.251 e. The molecule has 1 N–H and O–H groups in total. The highest BCUT2D eigenvalue weighted by Crippen LogP contribution is 2.35. The first-order valence-corrected chi connectivity index (χ1v) is 10.0. The summed E-state index contributed by atoms with van der Waals surface area (Å²) < 4.78 is 13.2. The Labute approximate surface area is 164 Å². The van der Waals surface area contributed by atoms with E-state index < -0.39 is 0 Å². The highest BCUT2D eigenvalue weighted by molar-refractivity contribution is 6.30. The standard InChI is InChI=1S/C22H24ClFN2O/c23-17-4-1-3-16(11-17)22(27)25-19-12-20-5-2-6-21(13-19)26(20)14-15-7-9-18(24)10-8-15/h1,3-4,7-11,19-21H,2,5-6,12-14H2,(H,25,27). The van der Waals surface area contributed by atoms with E-state index in [1.165, 1.54) is 18.6 Å². The van der Waals surface area contributed by atoms with E-state index in [2.05, 4.69) is 10.2 Å². The van der Waals surface area contributed by atoms with E-state index in [1.807, 2.05) is 12.1 Å². The number of fused-ring (bicyclic) bond motifs is 2. The van der Waals surface area contributed by atoms with Gasteiger partial charge in [0.1, 0.15) is 5.82 Å². The molecule has 3 nitrogen and oxygen atoms in total. The molecule has 2 aromatic carbocycles. The van der Waals surface area contributed by atoms with Crippen LogP contribution in [-0.2, 0) is 6.54 Å². The number of rotatable bonds is 4. The molecule has 2 aliphatic heterocycles. The molecule has 142 valence electrons. The predicted octanol–water partition coefficient (Wildman–Crippen LogP) is 4.79. The van der Waals surface area contributed by atoms with Gasteiger partial charge in [0.25, 0.3) is 5.91 Å². The predicted molar refractivity (Wildman–Crippen MR) is 105 cm³/mol. The average Bonchev–Trinajstić information content (AvgIpc) is 2.64. The second-order valence-electron chi connectivity index (χ2n) is 7.69. The van der Waals surface area contributed by atoms with Crippen molar-refractivity contribution in [2.45, 2.75) is 56.8 Å². The molecule has 4 rings (SSSR count). The summed E-state index contributed by atoms with van der Waals surface area (Å²) in [5, 5.41) is 3.79. The van der Waals surface area contributed by atoms with E-state index in [1.54, 1.807) is 24.3 Å². The zero-order valence-electron chi connectivity index (χ0n) is 15.2. The first kappa shape index (κ1) is 18.5. The van der Waals surface area contributed by atoms with Crippen LogP contribution in [-0.4, -0.2) is 28.9 Å².